The molecular formula is C52H30N2S. The molecule has 3 aromatic heterocycles. The fourth-order valence-electron chi connectivity index (χ4n) is 9.85. The van der Waals surface area contributed by atoms with Crippen LogP contribution >= 0.6 is 11.3 Å². The molecule has 12 aromatic rings. The highest BCUT2D eigenvalue weighted by Crippen LogP contribution is 2.52. The lowest BCUT2D eigenvalue weighted by molar-refractivity contribution is 1.18. The van der Waals surface area contributed by atoms with Crippen LogP contribution in [0.4, 0.5) is 0 Å². The fourth-order valence-corrected chi connectivity index (χ4v) is 11.1. The molecule has 0 aliphatic heterocycles. The lowest BCUT2D eigenvalue weighted by atomic mass is 9.94. The number of thiophene rings is 1. The minimum atomic E-state index is 1.16. The van der Waals surface area contributed by atoms with Gasteiger partial charge in [-0.15, -0.1) is 11.3 Å². The zero-order valence-corrected chi connectivity index (χ0v) is 30.4. The van der Waals surface area contributed by atoms with Crippen molar-refractivity contribution in [3.05, 3.63) is 182 Å². The van der Waals surface area contributed by atoms with Gasteiger partial charge in [-0.1, -0.05) is 140 Å². The van der Waals surface area contributed by atoms with E-state index < -0.39 is 0 Å². The Morgan fingerprint density at radius 2 is 0.836 bits per heavy atom. The summed E-state index contributed by atoms with van der Waals surface area (Å²) in [4.78, 5) is 0. The highest BCUT2D eigenvalue weighted by Gasteiger charge is 2.27. The highest BCUT2D eigenvalue weighted by atomic mass is 32.1. The van der Waals surface area contributed by atoms with Gasteiger partial charge >= 0.3 is 0 Å². The Kier molecular flexibility index (Phi) is 5.80. The molecule has 0 atom stereocenters. The first-order valence-electron chi connectivity index (χ1n) is 18.9. The van der Waals surface area contributed by atoms with E-state index in [4.69, 9.17) is 0 Å². The third-order valence-corrected chi connectivity index (χ3v) is 13.2. The number of benzene rings is 9. The second-order valence-corrected chi connectivity index (χ2v) is 15.8. The molecule has 0 saturated carbocycles. The van der Waals surface area contributed by atoms with Crippen molar-refractivity contribution >= 4 is 85.9 Å². The van der Waals surface area contributed by atoms with Gasteiger partial charge in [-0.05, 0) is 86.6 Å². The number of hydrogen-bond acceptors (Lipinski definition) is 1. The third kappa shape index (κ3) is 3.82. The molecule has 1 aliphatic rings. The van der Waals surface area contributed by atoms with Crippen LogP contribution in [0.2, 0.25) is 0 Å². The molecular weight excluding hydrogens is 685 g/mol. The monoisotopic (exact) mass is 714 g/mol. The van der Waals surface area contributed by atoms with E-state index in [1.165, 1.54) is 114 Å². The fraction of sp³-hybridized carbons (Fsp3) is 0. The zero-order valence-electron chi connectivity index (χ0n) is 29.6. The molecule has 0 amide bonds. The van der Waals surface area contributed by atoms with Crippen molar-refractivity contribution < 1.29 is 0 Å². The summed E-state index contributed by atoms with van der Waals surface area (Å²) >= 11 is 1.91. The Hall–Kier alpha value is -6.94. The summed E-state index contributed by atoms with van der Waals surface area (Å²) in [5, 5.41) is 10.5. The second-order valence-electron chi connectivity index (χ2n) is 14.8. The SMILES string of the molecule is c1ccc(-n2c3ccccc3c3c4c5ccccc5n(-c5ccc(-c6ccc7c8c(cccc68)-c6ccccc6-7)cc5)c4c4sc5ccccc5c4c32)cc1. The smallest absolute Gasteiger partial charge is 0.0727 e. The molecule has 0 unspecified atom stereocenters. The minimum Gasteiger partial charge on any atom is -0.309 e. The van der Waals surface area contributed by atoms with Gasteiger partial charge in [0.15, 0.2) is 0 Å². The molecule has 2 nitrogen and oxygen atoms in total. The number of aromatic nitrogens is 2. The summed E-state index contributed by atoms with van der Waals surface area (Å²) in [6.45, 7) is 0. The third-order valence-electron chi connectivity index (χ3n) is 12.0. The quantitative estimate of drug-likeness (QED) is 0.172. The van der Waals surface area contributed by atoms with Gasteiger partial charge in [0.1, 0.15) is 0 Å². The van der Waals surface area contributed by atoms with Crippen molar-refractivity contribution in [2.45, 2.75) is 0 Å². The molecule has 3 heterocycles. The van der Waals surface area contributed by atoms with Gasteiger partial charge in [0, 0.05) is 48.4 Å². The molecule has 13 rings (SSSR count). The van der Waals surface area contributed by atoms with Gasteiger partial charge in [-0.2, -0.15) is 0 Å². The Labute approximate surface area is 320 Å². The van der Waals surface area contributed by atoms with Crippen molar-refractivity contribution in [2.75, 3.05) is 0 Å². The van der Waals surface area contributed by atoms with Crippen molar-refractivity contribution in [3.63, 3.8) is 0 Å². The van der Waals surface area contributed by atoms with Crippen LogP contribution in [0.1, 0.15) is 0 Å². The maximum Gasteiger partial charge on any atom is 0.0727 e. The van der Waals surface area contributed by atoms with E-state index in [0.29, 0.717) is 0 Å². The molecule has 0 saturated heterocycles. The summed E-state index contributed by atoms with van der Waals surface area (Å²) in [6.07, 6.45) is 0. The number of rotatable bonds is 3. The minimum absolute atomic E-state index is 1.16. The normalized spacial score (nSPS) is 12.4. The summed E-state index contributed by atoms with van der Waals surface area (Å²) in [5.74, 6) is 0. The van der Waals surface area contributed by atoms with Crippen LogP contribution in [-0.2, 0) is 0 Å². The lowest BCUT2D eigenvalue weighted by Gasteiger charge is -2.13. The average molecular weight is 715 g/mol. The molecule has 0 fully saturated rings. The lowest BCUT2D eigenvalue weighted by Crippen LogP contribution is -1.96. The van der Waals surface area contributed by atoms with E-state index in [2.05, 4.69) is 191 Å². The Balaban J connectivity index is 1.13. The molecule has 0 spiro atoms. The van der Waals surface area contributed by atoms with Gasteiger partial charge < -0.3 is 9.13 Å². The van der Waals surface area contributed by atoms with Crippen LogP contribution < -0.4 is 0 Å². The van der Waals surface area contributed by atoms with Crippen LogP contribution in [0.3, 0.4) is 0 Å². The molecule has 9 aromatic carbocycles. The van der Waals surface area contributed by atoms with Gasteiger partial charge in [0.25, 0.3) is 0 Å². The van der Waals surface area contributed by atoms with Crippen LogP contribution in [0, 0.1) is 0 Å². The molecule has 254 valence electrons. The van der Waals surface area contributed by atoms with Crippen LogP contribution in [0.15, 0.2) is 182 Å². The van der Waals surface area contributed by atoms with E-state index in [9.17, 15) is 0 Å². The second kappa shape index (κ2) is 10.8. The van der Waals surface area contributed by atoms with Gasteiger partial charge in [0.2, 0.25) is 0 Å². The molecule has 1 aliphatic carbocycles. The number of nitrogens with zero attached hydrogens (tertiary/aromatic N) is 2. The maximum atomic E-state index is 2.53. The first-order chi connectivity index (χ1) is 27.3. The summed E-state index contributed by atoms with van der Waals surface area (Å²) in [7, 11) is 0. The molecule has 55 heavy (non-hydrogen) atoms. The predicted octanol–water partition coefficient (Wildman–Crippen LogP) is 14.7. The van der Waals surface area contributed by atoms with Crippen LogP contribution in [-0.4, -0.2) is 9.13 Å². The Morgan fingerprint density at radius 1 is 0.309 bits per heavy atom. The summed E-state index contributed by atoms with van der Waals surface area (Å²) in [5.41, 5.74) is 15.2. The van der Waals surface area contributed by atoms with E-state index in [1.807, 2.05) is 11.3 Å². The number of para-hydroxylation sites is 3. The summed E-state index contributed by atoms with van der Waals surface area (Å²) in [6, 6.07) is 67.3. The van der Waals surface area contributed by atoms with Crippen molar-refractivity contribution in [1.29, 1.82) is 0 Å². The summed E-state index contributed by atoms with van der Waals surface area (Å²) < 4.78 is 7.65. The zero-order chi connectivity index (χ0) is 35.8. The van der Waals surface area contributed by atoms with E-state index in [-0.39, 0.29) is 0 Å². The topological polar surface area (TPSA) is 9.86 Å². The van der Waals surface area contributed by atoms with Crippen LogP contribution in [0.5, 0.6) is 0 Å². The van der Waals surface area contributed by atoms with E-state index in [0.717, 1.165) is 5.69 Å². The molecule has 0 N–H and O–H groups in total. The molecule has 0 radical (unpaired) electrons. The first-order valence-corrected chi connectivity index (χ1v) is 19.8. The van der Waals surface area contributed by atoms with Crippen molar-refractivity contribution in [2.24, 2.45) is 0 Å². The standard InChI is InChI=1S/C52H30N2S/c1-2-13-32(14-3-1)53-43-22-9-6-17-40(43)47-48-41-18-7-10-23-44(41)54(51(48)52-49(50(47)53)42-19-8-11-24-45(42)55-52)33-27-25-31(26-28-33)34-29-30-39-36-16-5-4-15-35(36)38-21-12-20-37(34)46(38)39/h1-30H. The van der Waals surface area contributed by atoms with Gasteiger partial charge in [-0.25, -0.2) is 0 Å². The van der Waals surface area contributed by atoms with Gasteiger partial charge in [0.05, 0.1) is 26.8 Å². The largest absolute Gasteiger partial charge is 0.309 e. The number of fused-ring (bicyclic) bond motifs is 15. The van der Waals surface area contributed by atoms with Gasteiger partial charge in [-0.3, -0.25) is 0 Å². The first kappa shape index (κ1) is 29.5. The van der Waals surface area contributed by atoms with Crippen LogP contribution in [0.25, 0.3) is 119 Å². The Morgan fingerprint density at radius 3 is 1.58 bits per heavy atom. The maximum absolute atomic E-state index is 2.53. The number of hydrogen-bond donors (Lipinski definition) is 0. The average Bonchev–Trinajstić information content (AvgIpc) is 3.99. The van der Waals surface area contributed by atoms with Crippen molar-refractivity contribution in [1.82, 2.24) is 9.13 Å². The van der Waals surface area contributed by atoms with Crippen molar-refractivity contribution in [3.8, 4) is 44.8 Å². The predicted molar refractivity (Wildman–Crippen MR) is 235 cm³/mol. The van der Waals surface area contributed by atoms with E-state index in [1.54, 1.807) is 0 Å². The Bertz CT molecular complexity index is 3550. The highest BCUT2D eigenvalue weighted by molar-refractivity contribution is 7.27. The molecule has 3 heteroatoms. The molecule has 0 bridgehead atoms. The van der Waals surface area contributed by atoms with E-state index >= 15 is 0 Å².